The standard InChI is InChI=1S/C25H30FN3O/c1-2-3-15-27-17-25(30)29(19-21-8-5-4-6-9-21)20-24-10-7-16-28(24)18-22-11-13-23(26)14-12-22/h4-14,16,27H,2-3,15,17-20H2,1H3. The smallest absolute Gasteiger partial charge is 0.237 e. The van der Waals surface area contributed by atoms with Crippen LogP contribution in [0.1, 0.15) is 36.6 Å². The highest BCUT2D eigenvalue weighted by Gasteiger charge is 2.16. The molecule has 5 heteroatoms. The summed E-state index contributed by atoms with van der Waals surface area (Å²) in [6.45, 7) is 5.06. The molecule has 3 rings (SSSR count). The minimum atomic E-state index is -0.235. The maximum atomic E-state index is 13.2. The molecule has 0 aliphatic carbocycles. The Hall–Kier alpha value is -2.92. The van der Waals surface area contributed by atoms with Crippen molar-refractivity contribution in [2.24, 2.45) is 0 Å². The number of hydrogen-bond donors (Lipinski definition) is 1. The molecule has 0 spiro atoms. The third kappa shape index (κ3) is 6.56. The summed E-state index contributed by atoms with van der Waals surface area (Å²) in [4.78, 5) is 14.9. The van der Waals surface area contributed by atoms with Gasteiger partial charge >= 0.3 is 0 Å². The van der Waals surface area contributed by atoms with Crippen molar-refractivity contribution >= 4 is 5.91 Å². The van der Waals surface area contributed by atoms with Crippen LogP contribution in [-0.2, 0) is 24.4 Å². The monoisotopic (exact) mass is 407 g/mol. The summed E-state index contributed by atoms with van der Waals surface area (Å²) in [7, 11) is 0. The van der Waals surface area contributed by atoms with Crippen LogP contribution in [0.15, 0.2) is 72.9 Å². The van der Waals surface area contributed by atoms with Gasteiger partial charge in [-0.15, -0.1) is 0 Å². The van der Waals surface area contributed by atoms with Crippen LogP contribution < -0.4 is 5.32 Å². The molecule has 4 nitrogen and oxygen atoms in total. The van der Waals surface area contributed by atoms with Gasteiger partial charge in [-0.05, 0) is 48.4 Å². The summed E-state index contributed by atoms with van der Waals surface area (Å²) in [6.07, 6.45) is 4.17. The third-order valence-corrected chi connectivity index (χ3v) is 5.09. The molecule has 1 heterocycles. The quantitative estimate of drug-likeness (QED) is 0.472. The van der Waals surface area contributed by atoms with Gasteiger partial charge in [0.2, 0.25) is 5.91 Å². The van der Waals surface area contributed by atoms with Crippen LogP contribution in [-0.4, -0.2) is 28.5 Å². The van der Waals surface area contributed by atoms with Crippen LogP contribution in [0.2, 0.25) is 0 Å². The number of nitrogens with one attached hydrogen (secondary N) is 1. The molecule has 30 heavy (non-hydrogen) atoms. The van der Waals surface area contributed by atoms with Gasteiger partial charge in [0.25, 0.3) is 0 Å². The Morgan fingerprint density at radius 3 is 2.47 bits per heavy atom. The van der Waals surface area contributed by atoms with Gasteiger partial charge in [0.1, 0.15) is 5.82 Å². The van der Waals surface area contributed by atoms with E-state index in [0.29, 0.717) is 26.2 Å². The van der Waals surface area contributed by atoms with Crippen LogP contribution in [0.4, 0.5) is 4.39 Å². The van der Waals surface area contributed by atoms with Crippen molar-refractivity contribution in [1.82, 2.24) is 14.8 Å². The molecular weight excluding hydrogens is 377 g/mol. The van der Waals surface area contributed by atoms with E-state index in [-0.39, 0.29) is 11.7 Å². The normalized spacial score (nSPS) is 10.9. The number of amides is 1. The summed E-state index contributed by atoms with van der Waals surface area (Å²) < 4.78 is 15.3. The predicted octanol–water partition coefficient (Wildman–Crippen LogP) is 4.59. The minimum Gasteiger partial charge on any atom is -0.345 e. The summed E-state index contributed by atoms with van der Waals surface area (Å²) in [5.41, 5.74) is 3.18. The Balaban J connectivity index is 1.71. The average molecular weight is 408 g/mol. The first-order chi connectivity index (χ1) is 14.7. The molecule has 1 N–H and O–H groups in total. The number of aromatic nitrogens is 1. The van der Waals surface area contributed by atoms with Crippen LogP contribution in [0, 0.1) is 5.82 Å². The van der Waals surface area contributed by atoms with Gasteiger partial charge < -0.3 is 14.8 Å². The number of unbranched alkanes of at least 4 members (excludes halogenated alkanes) is 1. The maximum absolute atomic E-state index is 13.2. The Kier molecular flexibility index (Phi) is 8.21. The molecule has 1 aromatic heterocycles. The first kappa shape index (κ1) is 21.8. The second-order valence-electron chi connectivity index (χ2n) is 7.52. The van der Waals surface area contributed by atoms with E-state index < -0.39 is 0 Å². The van der Waals surface area contributed by atoms with Gasteiger partial charge in [-0.3, -0.25) is 4.79 Å². The zero-order valence-electron chi connectivity index (χ0n) is 17.6. The molecule has 0 aliphatic heterocycles. The van der Waals surface area contributed by atoms with Crippen molar-refractivity contribution in [2.75, 3.05) is 13.1 Å². The molecule has 1 amide bonds. The van der Waals surface area contributed by atoms with Gasteiger partial charge in [0, 0.05) is 25.0 Å². The number of nitrogens with zero attached hydrogens (tertiary/aromatic N) is 2. The third-order valence-electron chi connectivity index (χ3n) is 5.09. The molecule has 0 saturated carbocycles. The molecule has 0 unspecified atom stereocenters. The number of carbonyl (C=O) groups is 1. The molecule has 158 valence electrons. The fraction of sp³-hybridized carbons (Fsp3) is 0.320. The van der Waals surface area contributed by atoms with E-state index in [0.717, 1.165) is 36.2 Å². The van der Waals surface area contributed by atoms with Crippen molar-refractivity contribution in [3.63, 3.8) is 0 Å². The second-order valence-corrected chi connectivity index (χ2v) is 7.52. The minimum absolute atomic E-state index is 0.0875. The van der Waals surface area contributed by atoms with E-state index in [1.165, 1.54) is 12.1 Å². The van der Waals surface area contributed by atoms with Gasteiger partial charge in [0.15, 0.2) is 0 Å². The van der Waals surface area contributed by atoms with Gasteiger partial charge in [-0.1, -0.05) is 55.8 Å². The van der Waals surface area contributed by atoms with Crippen molar-refractivity contribution in [1.29, 1.82) is 0 Å². The molecule has 0 atom stereocenters. The lowest BCUT2D eigenvalue weighted by molar-refractivity contribution is -0.131. The lowest BCUT2D eigenvalue weighted by Crippen LogP contribution is -2.38. The van der Waals surface area contributed by atoms with Crippen molar-refractivity contribution in [2.45, 2.75) is 39.4 Å². The Bertz CT molecular complexity index is 906. The molecule has 2 aromatic carbocycles. The summed E-state index contributed by atoms with van der Waals surface area (Å²) in [6, 6.07) is 20.6. The van der Waals surface area contributed by atoms with E-state index in [1.54, 1.807) is 12.1 Å². The van der Waals surface area contributed by atoms with E-state index in [1.807, 2.05) is 53.6 Å². The highest BCUT2D eigenvalue weighted by molar-refractivity contribution is 5.78. The number of carbonyl (C=O) groups excluding carboxylic acids is 1. The van der Waals surface area contributed by atoms with Gasteiger partial charge in [-0.2, -0.15) is 0 Å². The Labute approximate surface area is 178 Å². The molecule has 0 radical (unpaired) electrons. The van der Waals surface area contributed by atoms with E-state index in [2.05, 4.69) is 16.8 Å². The number of halogens is 1. The molecule has 0 saturated heterocycles. The predicted molar refractivity (Wildman–Crippen MR) is 118 cm³/mol. The Morgan fingerprint density at radius 1 is 0.967 bits per heavy atom. The maximum Gasteiger partial charge on any atom is 0.237 e. The van der Waals surface area contributed by atoms with Crippen molar-refractivity contribution < 1.29 is 9.18 Å². The topological polar surface area (TPSA) is 37.3 Å². The largest absolute Gasteiger partial charge is 0.345 e. The summed E-state index contributed by atoms with van der Waals surface area (Å²) in [5, 5.41) is 3.26. The SMILES string of the molecule is CCCCNCC(=O)N(Cc1ccccc1)Cc1cccn1Cc1ccc(F)cc1. The Morgan fingerprint density at radius 2 is 1.73 bits per heavy atom. The van der Waals surface area contributed by atoms with E-state index in [9.17, 15) is 9.18 Å². The highest BCUT2D eigenvalue weighted by atomic mass is 19.1. The second kappa shape index (κ2) is 11.3. The molecule has 0 fully saturated rings. The number of rotatable bonds is 11. The lowest BCUT2D eigenvalue weighted by Gasteiger charge is -2.24. The van der Waals surface area contributed by atoms with E-state index >= 15 is 0 Å². The number of benzene rings is 2. The highest BCUT2D eigenvalue weighted by Crippen LogP contribution is 2.14. The fourth-order valence-corrected chi connectivity index (χ4v) is 3.37. The molecular formula is C25H30FN3O. The summed E-state index contributed by atoms with van der Waals surface area (Å²) >= 11 is 0. The van der Waals surface area contributed by atoms with Crippen molar-refractivity contribution in [3.8, 4) is 0 Å². The molecule has 3 aromatic rings. The van der Waals surface area contributed by atoms with Crippen LogP contribution in [0.5, 0.6) is 0 Å². The summed E-state index contributed by atoms with van der Waals surface area (Å²) in [5.74, 6) is -0.147. The van der Waals surface area contributed by atoms with Crippen LogP contribution in [0.25, 0.3) is 0 Å². The lowest BCUT2D eigenvalue weighted by atomic mass is 10.2. The number of hydrogen-bond acceptors (Lipinski definition) is 2. The molecule has 0 bridgehead atoms. The first-order valence-corrected chi connectivity index (χ1v) is 10.6. The fourth-order valence-electron chi connectivity index (χ4n) is 3.37. The zero-order valence-corrected chi connectivity index (χ0v) is 17.6. The van der Waals surface area contributed by atoms with Crippen molar-refractivity contribution in [3.05, 3.63) is 95.6 Å². The average Bonchev–Trinajstić information content (AvgIpc) is 3.19. The van der Waals surface area contributed by atoms with Crippen LogP contribution in [0.3, 0.4) is 0 Å². The first-order valence-electron chi connectivity index (χ1n) is 10.6. The van der Waals surface area contributed by atoms with Crippen LogP contribution >= 0.6 is 0 Å². The van der Waals surface area contributed by atoms with Gasteiger partial charge in [0.05, 0.1) is 13.1 Å². The van der Waals surface area contributed by atoms with E-state index in [4.69, 9.17) is 0 Å². The van der Waals surface area contributed by atoms with Gasteiger partial charge in [-0.25, -0.2) is 4.39 Å². The molecule has 0 aliphatic rings. The zero-order chi connectivity index (χ0) is 21.2.